The zero-order chi connectivity index (χ0) is 7.98. The van der Waals surface area contributed by atoms with Gasteiger partial charge in [-0.1, -0.05) is 17.7 Å². The van der Waals surface area contributed by atoms with Crippen LogP contribution in [0.4, 0.5) is 0 Å². The van der Waals surface area contributed by atoms with Crippen molar-refractivity contribution >= 4 is 0 Å². The number of nitrogens with one attached hydrogen (secondary N) is 1. The maximum Gasteiger partial charge on any atom is 0.0509 e. The van der Waals surface area contributed by atoms with Gasteiger partial charge >= 0.3 is 0 Å². The van der Waals surface area contributed by atoms with Crippen LogP contribution in [0.15, 0.2) is 21.6 Å². The van der Waals surface area contributed by atoms with Gasteiger partial charge in [0.15, 0.2) is 0 Å². The molecule has 0 heterocycles. The minimum atomic E-state index is 1.05. The second kappa shape index (κ2) is 4.97. The summed E-state index contributed by atoms with van der Waals surface area (Å²) in [4.78, 5) is 0. The number of hydrogen-bond donors (Lipinski definition) is 1. The first kappa shape index (κ1) is 9.14. The van der Waals surface area contributed by atoms with Crippen LogP contribution in [0.25, 0.3) is 0 Å². The summed E-state index contributed by atoms with van der Waals surface area (Å²) in [5.74, 6) is 0. The average molecular weight is 141 g/mol. The lowest BCUT2D eigenvalue weighted by atomic mass is 10.2. The van der Waals surface area contributed by atoms with Crippen LogP contribution in [0.2, 0.25) is 0 Å². The maximum atomic E-state index is 3.66. The summed E-state index contributed by atoms with van der Waals surface area (Å²) in [7, 11) is 1.64. The van der Waals surface area contributed by atoms with Gasteiger partial charge in [0.1, 0.15) is 0 Å². The zero-order valence-corrected chi connectivity index (χ0v) is 7.10. The molecule has 0 unspecified atom stereocenters. The highest BCUT2D eigenvalue weighted by molar-refractivity contribution is 5.05. The lowest BCUT2D eigenvalue weighted by molar-refractivity contribution is 0.780. The van der Waals surface area contributed by atoms with Gasteiger partial charge in [0.05, 0.1) is 7.05 Å². The Morgan fingerprint density at radius 2 is 2.00 bits per heavy atom. The zero-order valence-electron chi connectivity index (χ0n) is 7.10. The van der Waals surface area contributed by atoms with Gasteiger partial charge in [-0.3, -0.25) is 5.43 Å². The Kier molecular flexibility index (Phi) is 4.54. The normalized spacial score (nSPS) is 13.6. The first-order chi connectivity index (χ1) is 4.72. The van der Waals surface area contributed by atoms with Gasteiger partial charge in [-0.15, -0.1) is 0 Å². The molecule has 1 N–H and O–H groups in total. The molecule has 10 heavy (non-hydrogen) atoms. The Bertz CT molecular complexity index is 147. The Labute approximate surface area is 62.2 Å². The Morgan fingerprint density at radius 3 is 2.40 bits per heavy atom. The van der Waals surface area contributed by atoms with E-state index in [2.05, 4.69) is 29.6 Å². The molecule has 0 aliphatic carbocycles. The van der Waals surface area contributed by atoms with E-state index in [0.29, 0.717) is 0 Å². The lowest BCUT2D eigenvalue weighted by Gasteiger charge is -2.01. The molecule has 0 bridgehead atoms. The van der Waals surface area contributed by atoms with Crippen LogP contribution in [-0.2, 0) is 0 Å². The third-order valence-electron chi connectivity index (χ3n) is 1.49. The van der Waals surface area contributed by atoms with Gasteiger partial charge in [-0.25, -0.2) is 0 Å². The van der Waals surface area contributed by atoms with Gasteiger partial charge in [-0.05, 0) is 20.3 Å². The van der Waals surface area contributed by atoms with Crippen LogP contribution < -0.4 is 5.43 Å². The third kappa shape index (κ3) is 3.22. The molecule has 0 aromatic carbocycles. The topological polar surface area (TPSA) is 36.8 Å². The molecule has 0 amide bonds. The quantitative estimate of drug-likeness (QED) is 0.475. The first-order valence-electron chi connectivity index (χ1n) is 3.43. The van der Waals surface area contributed by atoms with Crippen LogP contribution in [0.5, 0.6) is 0 Å². The molecule has 0 fully saturated rings. The molecular weight excluding hydrogens is 126 g/mol. The minimum absolute atomic E-state index is 1.05. The highest BCUT2D eigenvalue weighted by Gasteiger charge is 1.90. The van der Waals surface area contributed by atoms with E-state index in [9.17, 15) is 0 Å². The van der Waals surface area contributed by atoms with Crippen molar-refractivity contribution < 1.29 is 0 Å². The molecule has 0 aromatic heterocycles. The summed E-state index contributed by atoms with van der Waals surface area (Å²) >= 11 is 0. The van der Waals surface area contributed by atoms with Crippen molar-refractivity contribution in [3.8, 4) is 0 Å². The Hall–Kier alpha value is -0.860. The van der Waals surface area contributed by atoms with Crippen molar-refractivity contribution in [3.05, 3.63) is 11.3 Å². The van der Waals surface area contributed by atoms with Crippen molar-refractivity contribution in [2.75, 3.05) is 7.05 Å². The van der Waals surface area contributed by atoms with Crippen molar-refractivity contribution in [1.82, 2.24) is 5.43 Å². The first-order valence-corrected chi connectivity index (χ1v) is 3.43. The van der Waals surface area contributed by atoms with Crippen LogP contribution in [0, 0.1) is 0 Å². The van der Waals surface area contributed by atoms with Crippen LogP contribution in [0.1, 0.15) is 27.2 Å². The second-order valence-corrected chi connectivity index (χ2v) is 2.17. The fourth-order valence-electron chi connectivity index (χ4n) is 0.486. The van der Waals surface area contributed by atoms with Gasteiger partial charge in [0.25, 0.3) is 0 Å². The molecule has 3 heteroatoms. The molecule has 0 saturated carbocycles. The summed E-state index contributed by atoms with van der Waals surface area (Å²) in [5.41, 5.74) is 5.22. The highest BCUT2D eigenvalue weighted by atomic mass is 15.4. The predicted octanol–water partition coefficient (Wildman–Crippen LogP) is 2.28. The summed E-state index contributed by atoms with van der Waals surface area (Å²) in [6.45, 7) is 6.19. The molecule has 0 aliphatic rings. The van der Waals surface area contributed by atoms with Gasteiger partial charge in [0, 0.05) is 5.70 Å². The van der Waals surface area contributed by atoms with E-state index >= 15 is 0 Å². The third-order valence-corrected chi connectivity index (χ3v) is 1.49. The Balaban J connectivity index is 3.91. The van der Waals surface area contributed by atoms with E-state index in [1.165, 1.54) is 5.57 Å². The van der Waals surface area contributed by atoms with Crippen LogP contribution >= 0.6 is 0 Å². The van der Waals surface area contributed by atoms with E-state index < -0.39 is 0 Å². The highest BCUT2D eigenvalue weighted by Crippen LogP contribution is 2.03. The van der Waals surface area contributed by atoms with Crippen LogP contribution in [0.3, 0.4) is 0 Å². The number of allylic oxidation sites excluding steroid dienone is 2. The van der Waals surface area contributed by atoms with E-state index in [4.69, 9.17) is 0 Å². The predicted molar refractivity (Wildman–Crippen MR) is 42.6 cm³/mol. The number of hydrogen-bond acceptors (Lipinski definition) is 2. The van der Waals surface area contributed by atoms with Crippen molar-refractivity contribution in [3.63, 3.8) is 0 Å². The summed E-state index contributed by atoms with van der Waals surface area (Å²) in [6, 6.07) is 0. The largest absolute Gasteiger partial charge is 0.265 e. The maximum absolute atomic E-state index is 3.66. The van der Waals surface area contributed by atoms with Crippen LogP contribution in [-0.4, -0.2) is 7.05 Å². The molecule has 0 aliphatic heterocycles. The fraction of sp³-hybridized carbons (Fsp3) is 0.714. The average Bonchev–Trinajstić information content (AvgIpc) is 1.98. The number of nitrogens with zero attached hydrogens (tertiary/aromatic N) is 2. The molecule has 3 nitrogen and oxygen atoms in total. The van der Waals surface area contributed by atoms with E-state index in [1.807, 2.05) is 6.92 Å². The minimum Gasteiger partial charge on any atom is -0.265 e. The molecule has 58 valence electrons. The van der Waals surface area contributed by atoms with Gasteiger partial charge in [-0.2, -0.15) is 5.11 Å². The molecule has 0 rings (SSSR count). The molecule has 0 radical (unpaired) electrons. The lowest BCUT2D eigenvalue weighted by Crippen LogP contribution is -2.02. The second-order valence-electron chi connectivity index (χ2n) is 2.17. The van der Waals surface area contributed by atoms with E-state index in [1.54, 1.807) is 7.05 Å². The van der Waals surface area contributed by atoms with Crippen molar-refractivity contribution in [2.45, 2.75) is 27.2 Å². The van der Waals surface area contributed by atoms with E-state index in [-0.39, 0.29) is 0 Å². The molecule has 0 aromatic rings. The smallest absolute Gasteiger partial charge is 0.0509 e. The molecule has 0 spiro atoms. The fourth-order valence-corrected chi connectivity index (χ4v) is 0.486. The molecule has 0 atom stereocenters. The van der Waals surface area contributed by atoms with Crippen molar-refractivity contribution in [1.29, 1.82) is 0 Å². The molecule has 0 saturated heterocycles. The molecular formula is C7H15N3. The van der Waals surface area contributed by atoms with Crippen molar-refractivity contribution in [2.24, 2.45) is 10.3 Å². The SMILES string of the molecule is CC/C(C)=C(\C)NN=NC. The summed E-state index contributed by atoms with van der Waals surface area (Å²) < 4.78 is 0. The van der Waals surface area contributed by atoms with Gasteiger partial charge < -0.3 is 0 Å². The van der Waals surface area contributed by atoms with E-state index in [0.717, 1.165) is 12.1 Å². The standard InChI is InChI=1S/C7H15N3/c1-5-6(2)7(3)9-10-8-4/h5H2,1-4H3,(H,8,9)/b7-6+. The van der Waals surface area contributed by atoms with Gasteiger partial charge in [0.2, 0.25) is 0 Å². The summed E-state index contributed by atoms with van der Waals surface area (Å²) in [6.07, 6.45) is 1.05. The number of rotatable bonds is 3. The Morgan fingerprint density at radius 1 is 1.40 bits per heavy atom. The monoisotopic (exact) mass is 141 g/mol. The summed E-state index contributed by atoms with van der Waals surface area (Å²) in [5, 5.41) is 7.23.